The smallest absolute Gasteiger partial charge is 0.313 e. The fraction of sp³-hybridized carbons (Fsp3) is 0.160. The van der Waals surface area contributed by atoms with Crippen molar-refractivity contribution in [1.82, 2.24) is 0 Å². The standard InChI is InChI=1S/2C21H21NO5S2.C20H19NO5S2.C19H17NO5S2/c1-12-8-14(3)19(9-13(12)2)29(26,27)22-17-10-18(28-11-20(23)24)21(25)16-7-5-4-6-15(16)17;1-13(2)14-6-5-7-15(10-14)29(26,27)22-18-11-19(28-12-20(23)24)21(25)17-9-4-3-8-16(17)18;1-12-7-8-14(9-13(12)2)28(25,26)21-17-10-18(27-11-19(22)23)20(24)16-6-4-3-5-15(16)17;1-12-5-4-6-13(9-12)27(24,25)20-16-10-17(26-11-18(21)22)19(23)15-8-3-2-7-14(15)16/h4-10,22,25H,11H2,1-3H3,(H,23,24);3-11,13,22,25H,12H2,1-2H3,(H,23,24);3-10,21,24H,11H2,1-2H3,(H,22,23);2-10,20,23H,11H2,1H3,(H,21,22). The zero-order valence-electron chi connectivity index (χ0n) is 61.7. The molecule has 0 aliphatic heterocycles. The molecule has 12 rings (SSSR count). The molecule has 0 aliphatic carbocycles. The number of carboxylic acid groups (broad SMARTS) is 4. The molecule has 0 heterocycles. The fourth-order valence-corrected chi connectivity index (χ4v) is 19.2. The summed E-state index contributed by atoms with van der Waals surface area (Å²) in [5, 5.41) is 81.5. The van der Waals surface area contributed by atoms with E-state index in [1.165, 1.54) is 42.5 Å². The quantitative estimate of drug-likeness (QED) is 0.0187. The van der Waals surface area contributed by atoms with Gasteiger partial charge in [-0.1, -0.05) is 147 Å². The van der Waals surface area contributed by atoms with Gasteiger partial charge in [0.15, 0.2) is 0 Å². The highest BCUT2D eigenvalue weighted by molar-refractivity contribution is 8.01. The fourth-order valence-electron chi connectivity index (χ4n) is 11.4. The normalized spacial score (nSPS) is 11.5. The lowest BCUT2D eigenvalue weighted by atomic mass is 10.0. The molecule has 12 N–H and O–H groups in total. The number of aromatic hydroxyl groups is 4. The summed E-state index contributed by atoms with van der Waals surface area (Å²) >= 11 is 3.71. The third-order valence-electron chi connectivity index (χ3n) is 17.3. The molecule has 12 aromatic carbocycles. The van der Waals surface area contributed by atoms with E-state index in [2.05, 4.69) is 18.9 Å². The number of benzene rings is 12. The van der Waals surface area contributed by atoms with Crippen molar-refractivity contribution in [2.75, 3.05) is 41.9 Å². The Morgan fingerprint density at radius 2 is 0.602 bits per heavy atom. The van der Waals surface area contributed by atoms with Gasteiger partial charge in [0.1, 0.15) is 23.0 Å². The largest absolute Gasteiger partial charge is 0.506 e. The summed E-state index contributed by atoms with van der Waals surface area (Å²) in [6.45, 7) is 15.0. The molecule has 0 spiro atoms. The molecule has 12 aromatic rings. The molecule has 0 saturated carbocycles. The van der Waals surface area contributed by atoms with Crippen LogP contribution in [0.1, 0.15) is 58.7 Å². The number of phenolic OH excluding ortho intramolecular Hbond substituents is 4. The minimum Gasteiger partial charge on any atom is -0.506 e. The van der Waals surface area contributed by atoms with E-state index in [0.717, 1.165) is 80.4 Å². The molecule has 0 saturated heterocycles. The van der Waals surface area contributed by atoms with Crippen LogP contribution in [-0.2, 0) is 59.3 Å². The Hall–Kier alpha value is -10.8. The molecule has 0 fully saturated rings. The molecule has 32 heteroatoms. The maximum absolute atomic E-state index is 13.1. The number of sulfonamides is 4. The number of rotatable bonds is 25. The molecule has 0 radical (unpaired) electrons. The van der Waals surface area contributed by atoms with Crippen LogP contribution in [0.25, 0.3) is 43.1 Å². The molecule has 590 valence electrons. The predicted molar refractivity (Wildman–Crippen MR) is 447 cm³/mol. The number of carboxylic acids is 4. The first kappa shape index (κ1) is 86.1. The minimum atomic E-state index is -3.89. The number of phenols is 4. The average molecular weight is 1680 g/mol. The Bertz CT molecular complexity index is 6180. The van der Waals surface area contributed by atoms with Crippen LogP contribution in [0.2, 0.25) is 0 Å². The molecular formula is C81H78N4O20S8. The Balaban J connectivity index is 0.000000173. The Labute approximate surface area is 670 Å². The maximum Gasteiger partial charge on any atom is 0.313 e. The van der Waals surface area contributed by atoms with Crippen molar-refractivity contribution in [3.63, 3.8) is 0 Å². The van der Waals surface area contributed by atoms with Gasteiger partial charge in [-0.15, -0.1) is 47.0 Å². The topological polar surface area (TPSA) is 415 Å². The summed E-state index contributed by atoms with van der Waals surface area (Å²) in [7, 11) is -15.5. The van der Waals surface area contributed by atoms with Gasteiger partial charge >= 0.3 is 23.9 Å². The van der Waals surface area contributed by atoms with Gasteiger partial charge in [0.05, 0.1) is 84.9 Å². The molecule has 0 amide bonds. The highest BCUT2D eigenvalue weighted by Gasteiger charge is 2.26. The lowest BCUT2D eigenvalue weighted by Gasteiger charge is -2.16. The molecule has 113 heavy (non-hydrogen) atoms. The second-order valence-corrected chi connectivity index (χ2v) is 36.7. The summed E-state index contributed by atoms with van der Waals surface area (Å²) < 4.78 is 114. The van der Waals surface area contributed by atoms with Gasteiger partial charge in [0.25, 0.3) is 40.1 Å². The first-order valence-corrected chi connectivity index (χ1v) is 43.9. The second kappa shape index (κ2) is 36.8. The molecule has 0 atom stereocenters. The zero-order chi connectivity index (χ0) is 82.6. The number of carbonyl (C=O) groups is 4. The Kier molecular flexibility index (Phi) is 28.0. The van der Waals surface area contributed by atoms with Gasteiger partial charge < -0.3 is 40.9 Å². The Morgan fingerprint density at radius 3 is 0.920 bits per heavy atom. The van der Waals surface area contributed by atoms with Crippen LogP contribution < -0.4 is 18.9 Å². The summed E-state index contributed by atoms with van der Waals surface area (Å²) in [6, 6.07) is 54.7. The van der Waals surface area contributed by atoms with Crippen LogP contribution in [0.15, 0.2) is 239 Å². The third kappa shape index (κ3) is 21.7. The number of thioether (sulfide) groups is 4. The first-order valence-electron chi connectivity index (χ1n) is 34.1. The number of hydrogen-bond acceptors (Lipinski definition) is 20. The summed E-state index contributed by atoms with van der Waals surface area (Å²) in [6.07, 6.45) is 0. The lowest BCUT2D eigenvalue weighted by molar-refractivity contribution is -0.134. The van der Waals surface area contributed by atoms with Gasteiger partial charge in [0.2, 0.25) is 0 Å². The van der Waals surface area contributed by atoms with Crippen LogP contribution in [0.3, 0.4) is 0 Å². The van der Waals surface area contributed by atoms with Crippen molar-refractivity contribution in [3.05, 3.63) is 239 Å². The highest BCUT2D eigenvalue weighted by Crippen LogP contribution is 2.45. The van der Waals surface area contributed by atoms with Crippen molar-refractivity contribution in [1.29, 1.82) is 0 Å². The maximum atomic E-state index is 13.1. The van der Waals surface area contributed by atoms with Crippen molar-refractivity contribution in [2.24, 2.45) is 0 Å². The lowest BCUT2D eigenvalue weighted by Crippen LogP contribution is -2.15. The van der Waals surface area contributed by atoms with E-state index in [-0.39, 0.29) is 99.2 Å². The predicted octanol–water partition coefficient (Wildman–Crippen LogP) is 17.1. The molecule has 0 unspecified atom stereocenters. The van der Waals surface area contributed by atoms with E-state index < -0.39 is 64.0 Å². The number of aryl methyl sites for hydroxylation is 6. The van der Waals surface area contributed by atoms with E-state index in [9.17, 15) is 73.3 Å². The second-order valence-electron chi connectivity index (χ2n) is 25.9. The average Bonchev–Trinajstić information content (AvgIpc) is 0.786. The number of aliphatic carboxylic acids is 4. The van der Waals surface area contributed by atoms with Crippen LogP contribution in [0.5, 0.6) is 23.0 Å². The molecule has 0 aromatic heterocycles. The highest BCUT2D eigenvalue weighted by atomic mass is 32.2. The number of nitrogens with one attached hydrogen (secondary N) is 4. The van der Waals surface area contributed by atoms with Crippen LogP contribution in [-0.4, -0.2) is 121 Å². The number of anilines is 4. The van der Waals surface area contributed by atoms with E-state index in [1.54, 1.807) is 159 Å². The van der Waals surface area contributed by atoms with Gasteiger partial charge in [-0.2, -0.15) is 0 Å². The molecular weight excluding hydrogens is 1610 g/mol. The van der Waals surface area contributed by atoms with Crippen LogP contribution >= 0.6 is 47.0 Å². The Morgan fingerprint density at radius 1 is 0.310 bits per heavy atom. The monoisotopic (exact) mass is 1680 g/mol. The van der Waals surface area contributed by atoms with E-state index in [1.807, 2.05) is 53.7 Å². The van der Waals surface area contributed by atoms with Gasteiger partial charge in [0, 0.05) is 43.1 Å². The number of fused-ring (bicyclic) bond motifs is 4. The van der Waals surface area contributed by atoms with Gasteiger partial charge in [-0.3, -0.25) is 38.1 Å². The van der Waals surface area contributed by atoms with Crippen LogP contribution in [0.4, 0.5) is 22.7 Å². The van der Waals surface area contributed by atoms with Gasteiger partial charge in [-0.05, 0) is 153 Å². The van der Waals surface area contributed by atoms with Crippen molar-refractivity contribution in [2.45, 2.75) is 100 Å². The summed E-state index contributed by atoms with van der Waals surface area (Å²) in [4.78, 5) is 45.3. The SMILES string of the molecule is CC(C)c1cccc(S(=O)(=O)Nc2cc(SCC(=O)O)c(O)c3ccccc23)c1.Cc1cc(C)c(S(=O)(=O)Nc2cc(SCC(=O)O)c(O)c3ccccc23)cc1C.Cc1ccc(S(=O)(=O)Nc2cc(SCC(=O)O)c(O)c3ccccc23)cc1C.Cc1cccc(S(=O)(=O)Nc2cc(SCC(=O)O)c(O)c3ccccc23)c1. The van der Waals surface area contributed by atoms with Crippen LogP contribution in [0, 0.1) is 41.5 Å². The molecule has 24 nitrogen and oxygen atoms in total. The van der Waals surface area contributed by atoms with Crippen molar-refractivity contribution in [3.8, 4) is 23.0 Å². The minimum absolute atomic E-state index is 0.0721. The van der Waals surface area contributed by atoms with E-state index in [4.69, 9.17) is 20.4 Å². The number of hydrogen-bond donors (Lipinski definition) is 12. The summed E-state index contributed by atoms with van der Waals surface area (Å²) in [5.41, 5.74) is 7.17. The van der Waals surface area contributed by atoms with Gasteiger partial charge in [-0.25, -0.2) is 33.7 Å². The first-order chi connectivity index (χ1) is 53.2. The zero-order valence-corrected chi connectivity index (χ0v) is 68.2. The summed E-state index contributed by atoms with van der Waals surface area (Å²) in [5.74, 6) is -5.26. The van der Waals surface area contributed by atoms with E-state index >= 15 is 0 Å². The van der Waals surface area contributed by atoms with Crippen molar-refractivity contribution < 1.29 is 93.7 Å². The van der Waals surface area contributed by atoms with E-state index in [0.29, 0.717) is 63.3 Å². The molecule has 0 bridgehead atoms. The van der Waals surface area contributed by atoms with Crippen molar-refractivity contribution >= 4 is 177 Å². The molecule has 0 aliphatic rings. The third-order valence-corrected chi connectivity index (χ3v) is 27.0.